The van der Waals surface area contributed by atoms with E-state index in [-0.39, 0.29) is 36.0 Å². The van der Waals surface area contributed by atoms with Crippen molar-refractivity contribution < 1.29 is 13.2 Å². The summed E-state index contributed by atoms with van der Waals surface area (Å²) in [6.07, 6.45) is 0. The minimum absolute atomic E-state index is 0. The number of nitrogens with one attached hydrogen (secondary N) is 1. The molecule has 2 rings (SSSR count). The van der Waals surface area contributed by atoms with E-state index in [9.17, 15) is 13.2 Å². The summed E-state index contributed by atoms with van der Waals surface area (Å²) in [5, 5.41) is 3.85. The number of piperazine rings is 1. The minimum atomic E-state index is -3.38. The standard InChI is InChI=1S/C16H23ClN2O3S.ClH/c1-12(2)10-23(21,22)11-16(20)19-7-6-18-9-15(19)13-4-3-5-14(17)8-13;/h3-5,8,12,15,18H,6-7,9-11H2,1-2H3;1H. The molecule has 1 fully saturated rings. The van der Waals surface area contributed by atoms with Crippen LogP contribution in [0.1, 0.15) is 25.5 Å². The van der Waals surface area contributed by atoms with Crippen LogP contribution in [0.25, 0.3) is 0 Å². The van der Waals surface area contributed by atoms with Gasteiger partial charge in [0, 0.05) is 24.7 Å². The SMILES string of the molecule is CC(C)CS(=O)(=O)CC(=O)N1CCNCC1c1cccc(Cl)c1.Cl. The Balaban J connectivity index is 0.00000288. The summed E-state index contributed by atoms with van der Waals surface area (Å²) < 4.78 is 24.2. The van der Waals surface area contributed by atoms with E-state index in [2.05, 4.69) is 5.32 Å². The molecular formula is C16H24Cl2N2O3S. The van der Waals surface area contributed by atoms with Crippen molar-refractivity contribution >= 4 is 39.8 Å². The first-order chi connectivity index (χ1) is 10.8. The predicted octanol–water partition coefficient (Wildman–Crippen LogP) is 2.31. The van der Waals surface area contributed by atoms with Crippen molar-refractivity contribution in [2.75, 3.05) is 31.1 Å². The average Bonchev–Trinajstić information content (AvgIpc) is 2.45. The van der Waals surface area contributed by atoms with Gasteiger partial charge < -0.3 is 10.2 Å². The van der Waals surface area contributed by atoms with Crippen LogP contribution in [0, 0.1) is 5.92 Å². The summed E-state index contributed by atoms with van der Waals surface area (Å²) in [5.41, 5.74) is 0.916. The van der Waals surface area contributed by atoms with Gasteiger partial charge in [-0.05, 0) is 23.6 Å². The number of hydrogen-bond donors (Lipinski definition) is 1. The van der Waals surface area contributed by atoms with Gasteiger partial charge in [0.25, 0.3) is 0 Å². The lowest BCUT2D eigenvalue weighted by Crippen LogP contribution is -2.50. The molecule has 1 aromatic carbocycles. The van der Waals surface area contributed by atoms with Crippen molar-refractivity contribution in [3.05, 3.63) is 34.9 Å². The Kier molecular flexibility index (Phi) is 7.99. The van der Waals surface area contributed by atoms with Crippen LogP contribution in [0.2, 0.25) is 5.02 Å². The molecule has 1 amide bonds. The Hall–Kier alpha value is -0.820. The quantitative estimate of drug-likeness (QED) is 0.831. The number of hydrogen-bond acceptors (Lipinski definition) is 4. The van der Waals surface area contributed by atoms with Crippen molar-refractivity contribution in [1.29, 1.82) is 0 Å². The number of amides is 1. The van der Waals surface area contributed by atoms with Gasteiger partial charge in [0.05, 0.1) is 11.8 Å². The molecule has 5 nitrogen and oxygen atoms in total. The largest absolute Gasteiger partial charge is 0.332 e. The molecule has 1 saturated heterocycles. The Morgan fingerprint density at radius 1 is 1.42 bits per heavy atom. The van der Waals surface area contributed by atoms with E-state index in [0.717, 1.165) is 5.56 Å². The number of nitrogens with zero attached hydrogens (tertiary/aromatic N) is 1. The first kappa shape index (κ1) is 21.2. The third-order valence-electron chi connectivity index (χ3n) is 3.73. The van der Waals surface area contributed by atoms with Crippen LogP contribution in [0.5, 0.6) is 0 Å². The van der Waals surface area contributed by atoms with E-state index in [1.807, 2.05) is 32.0 Å². The molecule has 0 radical (unpaired) electrons. The molecule has 0 bridgehead atoms. The summed E-state index contributed by atoms with van der Waals surface area (Å²) in [6, 6.07) is 7.16. The van der Waals surface area contributed by atoms with E-state index in [0.29, 0.717) is 24.7 Å². The molecule has 0 saturated carbocycles. The molecule has 8 heteroatoms. The smallest absolute Gasteiger partial charge is 0.238 e. The van der Waals surface area contributed by atoms with Crippen molar-refractivity contribution in [3.63, 3.8) is 0 Å². The van der Waals surface area contributed by atoms with Crippen LogP contribution in [-0.2, 0) is 14.6 Å². The van der Waals surface area contributed by atoms with Gasteiger partial charge in [-0.15, -0.1) is 12.4 Å². The van der Waals surface area contributed by atoms with Gasteiger partial charge in [0.15, 0.2) is 9.84 Å². The van der Waals surface area contributed by atoms with Crippen molar-refractivity contribution in [3.8, 4) is 0 Å². The van der Waals surface area contributed by atoms with E-state index >= 15 is 0 Å². The van der Waals surface area contributed by atoms with Gasteiger partial charge in [0.1, 0.15) is 5.75 Å². The van der Waals surface area contributed by atoms with E-state index in [1.54, 1.807) is 11.0 Å². The van der Waals surface area contributed by atoms with Crippen molar-refractivity contribution in [2.45, 2.75) is 19.9 Å². The van der Waals surface area contributed by atoms with Crippen LogP contribution >= 0.6 is 24.0 Å². The van der Waals surface area contributed by atoms with E-state index in [1.165, 1.54) is 0 Å². The minimum Gasteiger partial charge on any atom is -0.332 e. The maximum absolute atomic E-state index is 12.5. The predicted molar refractivity (Wildman–Crippen MR) is 99.5 cm³/mol. The number of sulfone groups is 1. The van der Waals surface area contributed by atoms with Crippen LogP contribution in [-0.4, -0.2) is 50.4 Å². The maximum Gasteiger partial charge on any atom is 0.238 e. The summed E-state index contributed by atoms with van der Waals surface area (Å²) in [6.45, 7) is 5.42. The molecular weight excluding hydrogens is 371 g/mol. The van der Waals surface area contributed by atoms with Crippen LogP contribution in [0.4, 0.5) is 0 Å². The summed E-state index contributed by atoms with van der Waals surface area (Å²) in [4.78, 5) is 14.2. The fraction of sp³-hybridized carbons (Fsp3) is 0.562. The molecule has 1 N–H and O–H groups in total. The fourth-order valence-electron chi connectivity index (χ4n) is 2.85. The van der Waals surface area contributed by atoms with Crippen LogP contribution in [0.15, 0.2) is 24.3 Å². The molecule has 1 aliphatic rings. The van der Waals surface area contributed by atoms with Gasteiger partial charge in [-0.25, -0.2) is 8.42 Å². The number of halogens is 2. The van der Waals surface area contributed by atoms with Gasteiger partial charge >= 0.3 is 0 Å². The van der Waals surface area contributed by atoms with E-state index < -0.39 is 15.6 Å². The fourth-order valence-corrected chi connectivity index (χ4v) is 4.73. The molecule has 24 heavy (non-hydrogen) atoms. The lowest BCUT2D eigenvalue weighted by Gasteiger charge is -2.36. The third-order valence-corrected chi connectivity index (χ3v) is 5.82. The second-order valence-electron chi connectivity index (χ2n) is 6.31. The molecule has 1 aliphatic heterocycles. The molecule has 0 aliphatic carbocycles. The van der Waals surface area contributed by atoms with Crippen molar-refractivity contribution in [1.82, 2.24) is 10.2 Å². The zero-order valence-corrected chi connectivity index (χ0v) is 16.3. The zero-order chi connectivity index (χ0) is 17.0. The zero-order valence-electron chi connectivity index (χ0n) is 13.9. The van der Waals surface area contributed by atoms with Gasteiger partial charge in [-0.3, -0.25) is 4.79 Å². The molecule has 136 valence electrons. The second-order valence-corrected chi connectivity index (χ2v) is 8.86. The lowest BCUT2D eigenvalue weighted by molar-refractivity contribution is -0.131. The van der Waals surface area contributed by atoms with Gasteiger partial charge in [0.2, 0.25) is 5.91 Å². The lowest BCUT2D eigenvalue weighted by atomic mass is 10.0. The Labute approximate surface area is 155 Å². The number of carbonyl (C=O) groups is 1. The number of rotatable bonds is 5. The van der Waals surface area contributed by atoms with Crippen molar-refractivity contribution in [2.24, 2.45) is 5.92 Å². The normalized spacial score (nSPS) is 18.3. The van der Waals surface area contributed by atoms with Gasteiger partial charge in [-0.2, -0.15) is 0 Å². The topological polar surface area (TPSA) is 66.5 Å². The second kappa shape index (κ2) is 9.04. The highest BCUT2D eigenvalue weighted by Gasteiger charge is 2.30. The first-order valence-corrected chi connectivity index (χ1v) is 9.94. The highest BCUT2D eigenvalue weighted by atomic mass is 35.5. The monoisotopic (exact) mass is 394 g/mol. The molecule has 0 spiro atoms. The molecule has 1 heterocycles. The van der Waals surface area contributed by atoms with Gasteiger partial charge in [-0.1, -0.05) is 37.6 Å². The van der Waals surface area contributed by atoms with E-state index in [4.69, 9.17) is 11.6 Å². The highest BCUT2D eigenvalue weighted by molar-refractivity contribution is 7.92. The molecule has 0 aromatic heterocycles. The Morgan fingerprint density at radius 2 is 2.12 bits per heavy atom. The number of carbonyl (C=O) groups excluding carboxylic acids is 1. The number of benzene rings is 1. The Bertz CT molecular complexity index is 665. The first-order valence-electron chi connectivity index (χ1n) is 7.74. The van der Waals surface area contributed by atoms with Crippen LogP contribution in [0.3, 0.4) is 0 Å². The molecule has 1 unspecified atom stereocenters. The maximum atomic E-state index is 12.5. The third kappa shape index (κ3) is 5.92. The highest BCUT2D eigenvalue weighted by Crippen LogP contribution is 2.25. The summed E-state index contributed by atoms with van der Waals surface area (Å²) in [7, 11) is -3.38. The molecule has 1 aromatic rings. The Morgan fingerprint density at radius 3 is 2.75 bits per heavy atom. The average molecular weight is 395 g/mol. The summed E-state index contributed by atoms with van der Waals surface area (Å²) >= 11 is 6.04. The molecule has 1 atom stereocenters. The summed E-state index contributed by atoms with van der Waals surface area (Å²) in [5.74, 6) is -0.716. The van der Waals surface area contributed by atoms with Crippen LogP contribution < -0.4 is 5.32 Å².